The molecular weight excluding hydrogens is 346 g/mol. The number of benzene rings is 2. The number of hydrogen-bond donors (Lipinski definition) is 2. The summed E-state index contributed by atoms with van der Waals surface area (Å²) in [5, 5.41) is 22.9. The second-order valence-electron chi connectivity index (χ2n) is 9.46. The standard InChI is InChI=1S/C25H35NO2/c1-18-15-19(2)17-26(16-18)23(27)25(5,28)24(3,4)22-14-10-9-13-21(22)20-11-7-6-8-12-20/h6-14,18-19,23,27-28H,15-17H2,1-5H3. The largest absolute Gasteiger partial charge is 0.385 e. The molecule has 1 heterocycles. The molecule has 0 saturated carbocycles. The van der Waals surface area contributed by atoms with E-state index in [1.807, 2.05) is 44.2 Å². The Labute approximate surface area is 170 Å². The van der Waals surface area contributed by atoms with Crippen LogP contribution < -0.4 is 0 Å². The molecule has 0 bridgehead atoms. The zero-order valence-corrected chi connectivity index (χ0v) is 17.9. The molecule has 0 radical (unpaired) electrons. The fraction of sp³-hybridized carbons (Fsp3) is 0.520. The van der Waals surface area contributed by atoms with Crippen LogP contribution in [0.4, 0.5) is 0 Å². The Bertz CT molecular complexity index is 774. The normalized spacial score (nSPS) is 24.5. The van der Waals surface area contributed by atoms with Gasteiger partial charge in [0.25, 0.3) is 0 Å². The second kappa shape index (κ2) is 7.98. The van der Waals surface area contributed by atoms with Gasteiger partial charge in [0, 0.05) is 18.5 Å². The van der Waals surface area contributed by atoms with Crippen molar-refractivity contribution in [2.75, 3.05) is 13.1 Å². The van der Waals surface area contributed by atoms with Gasteiger partial charge >= 0.3 is 0 Å². The molecule has 0 spiro atoms. The molecule has 1 fully saturated rings. The lowest BCUT2D eigenvalue weighted by atomic mass is 9.67. The molecule has 1 saturated heterocycles. The number of hydrogen-bond acceptors (Lipinski definition) is 3. The van der Waals surface area contributed by atoms with Gasteiger partial charge in [-0.05, 0) is 41.9 Å². The van der Waals surface area contributed by atoms with Crippen molar-refractivity contribution in [3.63, 3.8) is 0 Å². The minimum Gasteiger partial charge on any atom is -0.385 e. The lowest BCUT2D eigenvalue weighted by molar-refractivity contribution is -0.181. The van der Waals surface area contributed by atoms with E-state index in [1.165, 1.54) is 6.42 Å². The molecule has 0 aromatic heterocycles. The van der Waals surface area contributed by atoms with Gasteiger partial charge in [0.1, 0.15) is 11.8 Å². The van der Waals surface area contributed by atoms with Crippen molar-refractivity contribution in [3.8, 4) is 11.1 Å². The van der Waals surface area contributed by atoms with Crippen LogP contribution in [0.25, 0.3) is 11.1 Å². The Hall–Kier alpha value is -1.68. The van der Waals surface area contributed by atoms with E-state index in [2.05, 4.69) is 43.0 Å². The summed E-state index contributed by atoms with van der Waals surface area (Å²) < 4.78 is 0. The Balaban J connectivity index is 1.98. The van der Waals surface area contributed by atoms with E-state index < -0.39 is 17.2 Å². The average molecular weight is 382 g/mol. The number of likely N-dealkylation sites (tertiary alicyclic amines) is 1. The highest BCUT2D eigenvalue weighted by Gasteiger charge is 2.49. The first-order valence-electron chi connectivity index (χ1n) is 10.4. The lowest BCUT2D eigenvalue weighted by Crippen LogP contribution is -2.62. The van der Waals surface area contributed by atoms with Gasteiger partial charge in [-0.2, -0.15) is 0 Å². The molecule has 2 N–H and O–H groups in total. The Morgan fingerprint density at radius 2 is 1.43 bits per heavy atom. The third kappa shape index (κ3) is 3.89. The number of aliphatic hydroxyl groups excluding tert-OH is 1. The maximum Gasteiger partial charge on any atom is 0.137 e. The van der Waals surface area contributed by atoms with Crippen molar-refractivity contribution in [3.05, 3.63) is 60.2 Å². The number of piperidine rings is 1. The highest BCUT2D eigenvalue weighted by atomic mass is 16.4. The second-order valence-corrected chi connectivity index (χ2v) is 9.46. The van der Waals surface area contributed by atoms with Crippen LogP contribution in [0.2, 0.25) is 0 Å². The van der Waals surface area contributed by atoms with Crippen molar-refractivity contribution in [1.29, 1.82) is 0 Å². The van der Waals surface area contributed by atoms with Crippen LogP contribution >= 0.6 is 0 Å². The maximum atomic E-state index is 11.7. The highest BCUT2D eigenvalue weighted by molar-refractivity contribution is 5.69. The van der Waals surface area contributed by atoms with Crippen LogP contribution in [0, 0.1) is 11.8 Å². The third-order valence-corrected chi connectivity index (χ3v) is 6.70. The van der Waals surface area contributed by atoms with Crippen molar-refractivity contribution in [1.82, 2.24) is 4.90 Å². The van der Waals surface area contributed by atoms with Crippen LogP contribution in [0.3, 0.4) is 0 Å². The Morgan fingerprint density at radius 3 is 2.04 bits per heavy atom. The first-order chi connectivity index (χ1) is 13.1. The SMILES string of the molecule is CC1CC(C)CN(C(O)C(C)(O)C(C)(C)c2ccccc2-c2ccccc2)C1. The van der Waals surface area contributed by atoms with Crippen LogP contribution in [-0.2, 0) is 5.41 Å². The van der Waals surface area contributed by atoms with Crippen LogP contribution in [0.5, 0.6) is 0 Å². The highest BCUT2D eigenvalue weighted by Crippen LogP contribution is 2.43. The summed E-state index contributed by atoms with van der Waals surface area (Å²) in [6.07, 6.45) is 0.252. The predicted molar refractivity (Wildman–Crippen MR) is 116 cm³/mol. The van der Waals surface area contributed by atoms with Crippen LogP contribution in [-0.4, -0.2) is 40.0 Å². The topological polar surface area (TPSA) is 43.7 Å². The van der Waals surface area contributed by atoms with Crippen molar-refractivity contribution in [2.45, 2.75) is 58.3 Å². The zero-order chi connectivity index (χ0) is 20.5. The molecule has 0 aliphatic carbocycles. The summed E-state index contributed by atoms with van der Waals surface area (Å²) in [5.41, 5.74) is 1.30. The fourth-order valence-corrected chi connectivity index (χ4v) is 4.76. The molecule has 4 unspecified atom stereocenters. The van der Waals surface area contributed by atoms with E-state index in [9.17, 15) is 10.2 Å². The summed E-state index contributed by atoms with van der Waals surface area (Å²) in [6.45, 7) is 11.9. The summed E-state index contributed by atoms with van der Waals surface area (Å²) in [7, 11) is 0. The summed E-state index contributed by atoms with van der Waals surface area (Å²) in [5.74, 6) is 1.04. The van der Waals surface area contributed by atoms with Gasteiger partial charge in [-0.25, -0.2) is 0 Å². The average Bonchev–Trinajstić information content (AvgIpc) is 2.67. The molecule has 3 heteroatoms. The molecule has 2 aromatic rings. The van der Waals surface area contributed by atoms with E-state index in [0.717, 1.165) is 29.8 Å². The van der Waals surface area contributed by atoms with Gasteiger partial charge in [0.05, 0.1) is 0 Å². The monoisotopic (exact) mass is 381 g/mol. The van der Waals surface area contributed by atoms with Gasteiger partial charge in [-0.1, -0.05) is 82.3 Å². The summed E-state index contributed by atoms with van der Waals surface area (Å²) in [6, 6.07) is 18.5. The maximum absolute atomic E-state index is 11.7. The number of nitrogens with zero attached hydrogens (tertiary/aromatic N) is 1. The molecular formula is C25H35NO2. The first-order valence-corrected chi connectivity index (χ1v) is 10.4. The molecule has 3 rings (SSSR count). The van der Waals surface area contributed by atoms with E-state index in [4.69, 9.17) is 0 Å². The van der Waals surface area contributed by atoms with Crippen molar-refractivity contribution in [2.24, 2.45) is 11.8 Å². The summed E-state index contributed by atoms with van der Waals surface area (Å²) in [4.78, 5) is 2.06. The van der Waals surface area contributed by atoms with E-state index in [1.54, 1.807) is 6.92 Å². The van der Waals surface area contributed by atoms with Gasteiger partial charge in [0.15, 0.2) is 0 Å². The lowest BCUT2D eigenvalue weighted by Gasteiger charge is -2.49. The summed E-state index contributed by atoms with van der Waals surface area (Å²) >= 11 is 0. The van der Waals surface area contributed by atoms with Crippen molar-refractivity contribution >= 4 is 0 Å². The molecule has 3 nitrogen and oxygen atoms in total. The molecule has 2 aromatic carbocycles. The molecule has 1 aliphatic rings. The zero-order valence-electron chi connectivity index (χ0n) is 17.9. The minimum atomic E-state index is -1.31. The molecule has 1 aliphatic heterocycles. The van der Waals surface area contributed by atoms with E-state index in [-0.39, 0.29) is 0 Å². The van der Waals surface area contributed by atoms with Gasteiger partial charge in [-0.3, -0.25) is 4.90 Å². The van der Waals surface area contributed by atoms with Crippen molar-refractivity contribution < 1.29 is 10.2 Å². The molecule has 28 heavy (non-hydrogen) atoms. The number of aliphatic hydroxyl groups is 2. The van der Waals surface area contributed by atoms with E-state index in [0.29, 0.717) is 11.8 Å². The predicted octanol–water partition coefficient (Wildman–Crippen LogP) is 4.68. The minimum absolute atomic E-state index is 0.522. The third-order valence-electron chi connectivity index (χ3n) is 6.70. The molecule has 152 valence electrons. The fourth-order valence-electron chi connectivity index (χ4n) is 4.76. The smallest absolute Gasteiger partial charge is 0.137 e. The number of rotatable bonds is 5. The van der Waals surface area contributed by atoms with Crippen LogP contribution in [0.15, 0.2) is 54.6 Å². The van der Waals surface area contributed by atoms with Crippen LogP contribution in [0.1, 0.15) is 46.6 Å². The van der Waals surface area contributed by atoms with Gasteiger partial charge in [0.2, 0.25) is 0 Å². The molecule has 4 atom stereocenters. The van der Waals surface area contributed by atoms with Gasteiger partial charge in [-0.15, -0.1) is 0 Å². The van der Waals surface area contributed by atoms with Gasteiger partial charge < -0.3 is 10.2 Å². The Morgan fingerprint density at radius 1 is 0.893 bits per heavy atom. The van der Waals surface area contributed by atoms with E-state index >= 15 is 0 Å². The molecule has 0 amide bonds. The Kier molecular flexibility index (Phi) is 6.00. The quantitative estimate of drug-likeness (QED) is 0.790. The first kappa shape index (κ1) is 21.0.